The van der Waals surface area contributed by atoms with Gasteiger partial charge in [0.05, 0.1) is 18.5 Å². The molecule has 0 saturated heterocycles. The third-order valence-corrected chi connectivity index (χ3v) is 4.29. The number of nitrogens with zero attached hydrogens (tertiary/aromatic N) is 4. The monoisotopic (exact) mass is 328 g/mol. The topological polar surface area (TPSA) is 67.7 Å². The molecule has 126 valence electrons. The fourth-order valence-electron chi connectivity index (χ4n) is 3.10. The van der Waals surface area contributed by atoms with Crippen LogP contribution < -0.4 is 14.5 Å². The van der Waals surface area contributed by atoms with Gasteiger partial charge in [-0.05, 0) is 26.0 Å². The molecule has 0 bridgehead atoms. The van der Waals surface area contributed by atoms with E-state index in [-0.39, 0.29) is 17.7 Å². The number of benzene rings is 1. The minimum atomic E-state index is -1.03. The van der Waals surface area contributed by atoms with Crippen LogP contribution in [-0.4, -0.2) is 41.3 Å². The van der Waals surface area contributed by atoms with Crippen LogP contribution in [0, 0.1) is 0 Å². The summed E-state index contributed by atoms with van der Waals surface area (Å²) in [6.45, 7) is 3.48. The highest BCUT2D eigenvalue weighted by molar-refractivity contribution is 6.19. The van der Waals surface area contributed by atoms with Crippen LogP contribution in [0.25, 0.3) is 0 Å². The number of anilines is 2. The van der Waals surface area contributed by atoms with Gasteiger partial charge in [0.1, 0.15) is 11.1 Å². The van der Waals surface area contributed by atoms with Gasteiger partial charge in [-0.25, -0.2) is 0 Å². The first-order valence-electron chi connectivity index (χ1n) is 7.58. The maximum absolute atomic E-state index is 13.2. The van der Waals surface area contributed by atoms with E-state index in [1.54, 1.807) is 39.0 Å². The van der Waals surface area contributed by atoms with Crippen LogP contribution in [0.1, 0.15) is 24.2 Å². The number of aromatic nitrogens is 2. The van der Waals surface area contributed by atoms with Gasteiger partial charge in [0.2, 0.25) is 5.88 Å². The predicted molar refractivity (Wildman–Crippen MR) is 90.5 cm³/mol. The van der Waals surface area contributed by atoms with Gasteiger partial charge in [0.25, 0.3) is 11.8 Å². The number of para-hydroxylation sites is 2. The summed E-state index contributed by atoms with van der Waals surface area (Å²) in [6, 6.07) is 7.34. The lowest BCUT2D eigenvalue weighted by atomic mass is 9.94. The number of aryl methyl sites for hydroxylation is 1. The number of ether oxygens (including phenoxy) is 1. The summed E-state index contributed by atoms with van der Waals surface area (Å²) in [5.74, 6) is -0.238. The number of hydrogen-bond donors (Lipinski definition) is 0. The van der Waals surface area contributed by atoms with Crippen molar-refractivity contribution in [2.45, 2.75) is 19.4 Å². The first-order valence-corrected chi connectivity index (χ1v) is 7.58. The molecule has 0 saturated carbocycles. The summed E-state index contributed by atoms with van der Waals surface area (Å²) in [5, 5.41) is 4.13. The maximum atomic E-state index is 13.2. The van der Waals surface area contributed by atoms with Crippen molar-refractivity contribution in [3.05, 3.63) is 36.0 Å². The molecule has 0 atom stereocenters. The van der Waals surface area contributed by atoms with Crippen LogP contribution in [0.5, 0.6) is 5.88 Å². The molecular formula is C17H20N4O3. The maximum Gasteiger partial charge on any atom is 0.266 e. The Hall–Kier alpha value is -2.83. The van der Waals surface area contributed by atoms with Crippen molar-refractivity contribution in [2.75, 3.05) is 24.0 Å². The Morgan fingerprint density at radius 1 is 1.17 bits per heavy atom. The van der Waals surface area contributed by atoms with Gasteiger partial charge in [-0.2, -0.15) is 0 Å². The van der Waals surface area contributed by atoms with E-state index in [1.807, 2.05) is 24.3 Å². The SMILES string of the molecule is COc1nn(C)cc1C(=O)N1c2ccccc2N(C)C(=O)C1(C)C. The van der Waals surface area contributed by atoms with Crippen molar-refractivity contribution in [2.24, 2.45) is 7.05 Å². The molecule has 1 aromatic carbocycles. The lowest BCUT2D eigenvalue weighted by Gasteiger charge is -2.45. The number of carbonyl (C=O) groups excluding carboxylic acids is 2. The summed E-state index contributed by atoms with van der Waals surface area (Å²) in [4.78, 5) is 29.1. The predicted octanol–water partition coefficient (Wildman–Crippen LogP) is 1.83. The molecule has 1 aliphatic rings. The number of hydrogen-bond acceptors (Lipinski definition) is 4. The Bertz CT molecular complexity index is 825. The van der Waals surface area contributed by atoms with Crippen molar-refractivity contribution < 1.29 is 14.3 Å². The fourth-order valence-corrected chi connectivity index (χ4v) is 3.10. The minimum absolute atomic E-state index is 0.155. The van der Waals surface area contributed by atoms with E-state index < -0.39 is 5.54 Å². The second-order valence-electron chi connectivity index (χ2n) is 6.28. The van der Waals surface area contributed by atoms with Gasteiger partial charge in [0, 0.05) is 20.3 Å². The average Bonchev–Trinajstić information content (AvgIpc) is 2.94. The molecule has 0 N–H and O–H groups in total. The number of rotatable bonds is 2. The van der Waals surface area contributed by atoms with Crippen LogP contribution in [0.3, 0.4) is 0 Å². The van der Waals surface area contributed by atoms with Crippen molar-refractivity contribution >= 4 is 23.2 Å². The standard InChI is InChI=1S/C17H20N4O3/c1-17(2)16(23)20(4)12-8-6-7-9-13(12)21(17)15(22)11-10-19(3)18-14(11)24-5/h6-10H,1-5H3. The average molecular weight is 328 g/mol. The molecule has 3 rings (SSSR count). The molecule has 24 heavy (non-hydrogen) atoms. The van der Waals surface area contributed by atoms with Crippen LogP contribution >= 0.6 is 0 Å². The number of fused-ring (bicyclic) bond motifs is 1. The zero-order valence-electron chi connectivity index (χ0n) is 14.4. The van der Waals surface area contributed by atoms with E-state index >= 15 is 0 Å². The third kappa shape index (κ3) is 2.16. The largest absolute Gasteiger partial charge is 0.479 e. The summed E-state index contributed by atoms with van der Waals surface area (Å²) in [5.41, 5.74) is 0.667. The number of likely N-dealkylation sites (N-methyl/N-ethyl adjacent to an activating group) is 1. The minimum Gasteiger partial charge on any atom is -0.479 e. The summed E-state index contributed by atoms with van der Waals surface area (Å²) >= 11 is 0. The second kappa shape index (κ2) is 5.36. The molecule has 0 fully saturated rings. The molecule has 1 aromatic heterocycles. The second-order valence-corrected chi connectivity index (χ2v) is 6.28. The van der Waals surface area contributed by atoms with Crippen molar-refractivity contribution in [1.29, 1.82) is 0 Å². The van der Waals surface area contributed by atoms with E-state index in [0.29, 0.717) is 16.9 Å². The summed E-state index contributed by atoms with van der Waals surface area (Å²) < 4.78 is 6.72. The van der Waals surface area contributed by atoms with Gasteiger partial charge in [0.15, 0.2) is 0 Å². The van der Waals surface area contributed by atoms with Gasteiger partial charge in [-0.15, -0.1) is 5.10 Å². The van der Waals surface area contributed by atoms with Gasteiger partial charge in [-0.3, -0.25) is 19.2 Å². The summed E-state index contributed by atoms with van der Waals surface area (Å²) in [6.07, 6.45) is 1.60. The van der Waals surface area contributed by atoms with Crippen molar-refractivity contribution in [3.8, 4) is 5.88 Å². The molecular weight excluding hydrogens is 308 g/mol. The normalized spacial score (nSPS) is 16.1. The molecule has 7 nitrogen and oxygen atoms in total. The Morgan fingerprint density at radius 2 is 1.79 bits per heavy atom. The molecule has 2 heterocycles. The Kier molecular flexibility index (Phi) is 3.59. The molecule has 1 aliphatic heterocycles. The molecule has 2 amide bonds. The first-order chi connectivity index (χ1) is 11.3. The van der Waals surface area contributed by atoms with Crippen LogP contribution in [0.15, 0.2) is 30.5 Å². The fraction of sp³-hybridized carbons (Fsp3) is 0.353. The highest BCUT2D eigenvalue weighted by Crippen LogP contribution is 2.41. The van der Waals surface area contributed by atoms with E-state index in [2.05, 4.69) is 5.10 Å². The molecule has 7 heteroatoms. The van der Waals surface area contributed by atoms with E-state index in [9.17, 15) is 9.59 Å². The number of methoxy groups -OCH3 is 1. The lowest BCUT2D eigenvalue weighted by molar-refractivity contribution is -0.122. The lowest BCUT2D eigenvalue weighted by Crippen LogP contribution is -2.61. The quantitative estimate of drug-likeness (QED) is 0.843. The number of amides is 2. The van der Waals surface area contributed by atoms with Crippen LogP contribution in [-0.2, 0) is 11.8 Å². The summed E-state index contributed by atoms with van der Waals surface area (Å²) in [7, 11) is 4.90. The van der Waals surface area contributed by atoms with Gasteiger partial charge >= 0.3 is 0 Å². The number of carbonyl (C=O) groups is 2. The van der Waals surface area contributed by atoms with Crippen LogP contribution in [0.4, 0.5) is 11.4 Å². The zero-order valence-corrected chi connectivity index (χ0v) is 14.4. The highest BCUT2D eigenvalue weighted by Gasteiger charge is 2.47. The van der Waals surface area contributed by atoms with Crippen molar-refractivity contribution in [1.82, 2.24) is 9.78 Å². The Balaban J connectivity index is 2.19. The zero-order chi connectivity index (χ0) is 17.6. The molecule has 2 aromatic rings. The Labute approximate surface area is 140 Å². The van der Waals surface area contributed by atoms with Crippen LogP contribution in [0.2, 0.25) is 0 Å². The van der Waals surface area contributed by atoms with Crippen molar-refractivity contribution in [3.63, 3.8) is 0 Å². The molecule has 0 radical (unpaired) electrons. The molecule has 0 aliphatic carbocycles. The van der Waals surface area contributed by atoms with Gasteiger partial charge in [-0.1, -0.05) is 12.1 Å². The van der Waals surface area contributed by atoms with E-state index in [4.69, 9.17) is 4.74 Å². The Morgan fingerprint density at radius 3 is 2.42 bits per heavy atom. The smallest absolute Gasteiger partial charge is 0.266 e. The first kappa shape index (κ1) is 16.0. The molecule has 0 unspecified atom stereocenters. The van der Waals surface area contributed by atoms with Gasteiger partial charge < -0.3 is 9.64 Å². The van der Waals surface area contributed by atoms with E-state index in [1.165, 1.54) is 16.7 Å². The third-order valence-electron chi connectivity index (χ3n) is 4.29. The highest BCUT2D eigenvalue weighted by atomic mass is 16.5. The molecule has 0 spiro atoms. The van der Waals surface area contributed by atoms with E-state index in [0.717, 1.165) is 0 Å².